The predicted molar refractivity (Wildman–Crippen MR) is 111 cm³/mol. The van der Waals surface area contributed by atoms with Gasteiger partial charge in [0.25, 0.3) is 5.91 Å². The summed E-state index contributed by atoms with van der Waals surface area (Å²) in [7, 11) is 0. The van der Waals surface area contributed by atoms with Gasteiger partial charge in [0.05, 0.1) is 5.71 Å². The van der Waals surface area contributed by atoms with E-state index in [1.807, 2.05) is 60.7 Å². The summed E-state index contributed by atoms with van der Waals surface area (Å²) in [5.74, 6) is -0.456. The predicted octanol–water partition coefficient (Wildman–Crippen LogP) is 4.22. The molecule has 5 nitrogen and oxygen atoms in total. The summed E-state index contributed by atoms with van der Waals surface area (Å²) in [4.78, 5) is 24.1. The van der Waals surface area contributed by atoms with E-state index in [2.05, 4.69) is 15.8 Å². The third kappa shape index (κ3) is 4.92. The van der Waals surface area contributed by atoms with Crippen LogP contribution in [0, 0.1) is 0 Å². The Labute approximate surface area is 164 Å². The topological polar surface area (TPSA) is 70.6 Å². The van der Waals surface area contributed by atoms with E-state index in [9.17, 15) is 9.59 Å². The lowest BCUT2D eigenvalue weighted by Crippen LogP contribution is -2.21. The molecule has 28 heavy (non-hydrogen) atoms. The smallest absolute Gasteiger partial charge is 0.271 e. The average Bonchev–Trinajstić information content (AvgIpc) is 2.75. The summed E-state index contributed by atoms with van der Waals surface area (Å²) in [5, 5.41) is 7.13. The molecule has 0 spiro atoms. The summed E-state index contributed by atoms with van der Waals surface area (Å²) in [6.45, 7) is 1.77. The molecule has 5 heteroatoms. The molecule has 0 heterocycles. The van der Waals surface area contributed by atoms with Gasteiger partial charge >= 0.3 is 0 Å². The zero-order valence-electron chi connectivity index (χ0n) is 15.6. The molecule has 0 atom stereocenters. The van der Waals surface area contributed by atoms with Gasteiger partial charge in [0.2, 0.25) is 5.91 Å². The van der Waals surface area contributed by atoms with E-state index < -0.39 is 0 Å². The number of anilines is 1. The molecule has 0 aliphatic rings. The lowest BCUT2D eigenvalue weighted by Gasteiger charge is -2.09. The second-order valence-electron chi connectivity index (χ2n) is 6.12. The Hall–Kier alpha value is -3.73. The van der Waals surface area contributed by atoms with Crippen LogP contribution in [0.2, 0.25) is 0 Å². The van der Waals surface area contributed by atoms with Crippen molar-refractivity contribution in [1.29, 1.82) is 0 Å². The van der Waals surface area contributed by atoms with E-state index in [1.165, 1.54) is 0 Å². The van der Waals surface area contributed by atoms with E-state index in [0.717, 1.165) is 11.1 Å². The van der Waals surface area contributed by atoms with Crippen molar-refractivity contribution >= 4 is 23.2 Å². The number of benzene rings is 3. The Bertz CT molecular complexity index is 941. The molecule has 0 saturated carbocycles. The number of carbonyl (C=O) groups is 2. The second-order valence-corrected chi connectivity index (χ2v) is 6.12. The van der Waals surface area contributed by atoms with Crippen molar-refractivity contribution in [3.8, 4) is 0 Å². The average molecular weight is 371 g/mol. The van der Waals surface area contributed by atoms with Crippen LogP contribution < -0.4 is 10.7 Å². The summed E-state index contributed by atoms with van der Waals surface area (Å²) in [6, 6.07) is 26.1. The van der Waals surface area contributed by atoms with Gasteiger partial charge in [-0.05, 0) is 18.2 Å². The maximum atomic E-state index is 12.6. The molecular weight excluding hydrogens is 350 g/mol. The monoisotopic (exact) mass is 371 g/mol. The Morgan fingerprint density at radius 2 is 1.36 bits per heavy atom. The number of nitrogens with zero attached hydrogens (tertiary/aromatic N) is 1. The van der Waals surface area contributed by atoms with Crippen LogP contribution >= 0.6 is 0 Å². The van der Waals surface area contributed by atoms with E-state index in [0.29, 0.717) is 23.4 Å². The van der Waals surface area contributed by atoms with E-state index in [1.54, 1.807) is 31.2 Å². The van der Waals surface area contributed by atoms with Crippen LogP contribution in [0.4, 0.5) is 5.69 Å². The fraction of sp³-hybridized carbons (Fsp3) is 0.0870. The molecule has 0 radical (unpaired) electrons. The quantitative estimate of drug-likeness (QED) is 0.503. The van der Waals surface area contributed by atoms with Gasteiger partial charge in [0, 0.05) is 28.8 Å². The molecule has 3 aromatic carbocycles. The van der Waals surface area contributed by atoms with E-state index in [4.69, 9.17) is 0 Å². The molecule has 0 aliphatic heterocycles. The molecule has 0 fully saturated rings. The number of hydrogen-bond donors (Lipinski definition) is 2. The van der Waals surface area contributed by atoms with Crippen molar-refractivity contribution in [2.75, 3.05) is 5.32 Å². The number of nitrogens with one attached hydrogen (secondary N) is 2. The van der Waals surface area contributed by atoms with Gasteiger partial charge in [-0.15, -0.1) is 0 Å². The van der Waals surface area contributed by atoms with Gasteiger partial charge in [-0.2, -0.15) is 5.10 Å². The first kappa shape index (κ1) is 19.0. The molecule has 0 saturated heterocycles. The summed E-state index contributed by atoms with van der Waals surface area (Å²) in [6.07, 6.45) is 0.373. The maximum Gasteiger partial charge on any atom is 0.271 e. The van der Waals surface area contributed by atoms with E-state index >= 15 is 0 Å². The highest BCUT2D eigenvalue weighted by atomic mass is 16.2. The number of carbonyl (C=O) groups excluding carboxylic acids is 2. The van der Waals surface area contributed by atoms with Crippen LogP contribution in [0.5, 0.6) is 0 Å². The Morgan fingerprint density at radius 3 is 1.93 bits per heavy atom. The molecule has 3 rings (SSSR count). The molecule has 0 aliphatic carbocycles. The third-order valence-corrected chi connectivity index (χ3v) is 4.09. The molecule has 2 N–H and O–H groups in total. The first-order chi connectivity index (χ1) is 13.7. The molecular formula is C23H21N3O2. The van der Waals surface area contributed by atoms with Gasteiger partial charge in [-0.1, -0.05) is 73.7 Å². The Morgan fingerprint density at radius 1 is 0.786 bits per heavy atom. The Balaban J connectivity index is 1.84. The maximum absolute atomic E-state index is 12.6. The van der Waals surface area contributed by atoms with Crippen molar-refractivity contribution in [1.82, 2.24) is 5.43 Å². The SMILES string of the molecule is CCC(=O)Nc1cccc(C(=O)NN=C(c2ccccc2)c2ccccc2)c1. The van der Waals surface area contributed by atoms with Gasteiger partial charge in [-0.25, -0.2) is 5.43 Å². The van der Waals surface area contributed by atoms with Gasteiger partial charge in [0.15, 0.2) is 0 Å². The normalized spacial score (nSPS) is 10.0. The summed E-state index contributed by atoms with van der Waals surface area (Å²) < 4.78 is 0. The standard InChI is InChI=1S/C23H21N3O2/c1-2-21(27)24-20-15-9-14-19(16-20)23(28)26-25-22(17-10-5-3-6-11-17)18-12-7-4-8-13-18/h3-16H,2H2,1H3,(H,24,27)(H,26,28). The van der Waals surface area contributed by atoms with Crippen molar-refractivity contribution in [2.24, 2.45) is 5.10 Å². The highest BCUT2D eigenvalue weighted by molar-refractivity contribution is 6.13. The van der Waals surface area contributed by atoms with Gasteiger partial charge in [0.1, 0.15) is 0 Å². The molecule has 2 amide bonds. The van der Waals surface area contributed by atoms with Crippen LogP contribution in [-0.4, -0.2) is 17.5 Å². The Kier molecular flexibility index (Phi) is 6.31. The highest BCUT2D eigenvalue weighted by Gasteiger charge is 2.10. The lowest BCUT2D eigenvalue weighted by atomic mass is 10.0. The first-order valence-electron chi connectivity index (χ1n) is 9.06. The van der Waals surface area contributed by atoms with Gasteiger partial charge < -0.3 is 5.32 Å². The van der Waals surface area contributed by atoms with Crippen LogP contribution in [0.15, 0.2) is 90.0 Å². The van der Waals surface area contributed by atoms with Crippen LogP contribution in [0.1, 0.15) is 34.8 Å². The fourth-order valence-corrected chi connectivity index (χ4v) is 2.65. The zero-order valence-corrected chi connectivity index (χ0v) is 15.6. The minimum Gasteiger partial charge on any atom is -0.326 e. The van der Waals surface area contributed by atoms with Crippen LogP contribution in [0.25, 0.3) is 0 Å². The fourth-order valence-electron chi connectivity index (χ4n) is 2.65. The van der Waals surface area contributed by atoms with Crippen molar-refractivity contribution in [3.63, 3.8) is 0 Å². The molecule has 3 aromatic rings. The molecule has 140 valence electrons. The number of hydrazone groups is 1. The minimum atomic E-state index is -0.350. The molecule has 0 aromatic heterocycles. The number of hydrogen-bond acceptors (Lipinski definition) is 3. The van der Waals surface area contributed by atoms with Crippen LogP contribution in [-0.2, 0) is 4.79 Å². The second kappa shape index (κ2) is 9.28. The van der Waals surface area contributed by atoms with Crippen LogP contribution in [0.3, 0.4) is 0 Å². The van der Waals surface area contributed by atoms with Crippen molar-refractivity contribution in [2.45, 2.75) is 13.3 Å². The lowest BCUT2D eigenvalue weighted by molar-refractivity contribution is -0.115. The summed E-state index contributed by atoms with van der Waals surface area (Å²) >= 11 is 0. The largest absolute Gasteiger partial charge is 0.326 e. The van der Waals surface area contributed by atoms with E-state index in [-0.39, 0.29) is 11.8 Å². The number of rotatable bonds is 6. The highest BCUT2D eigenvalue weighted by Crippen LogP contribution is 2.13. The third-order valence-electron chi connectivity index (χ3n) is 4.09. The summed E-state index contributed by atoms with van der Waals surface area (Å²) in [5.41, 5.74) is 6.09. The molecule has 0 bridgehead atoms. The van der Waals surface area contributed by atoms with Crippen molar-refractivity contribution in [3.05, 3.63) is 102 Å². The zero-order chi connectivity index (χ0) is 19.8. The first-order valence-corrected chi connectivity index (χ1v) is 9.06. The van der Waals surface area contributed by atoms with Gasteiger partial charge in [-0.3, -0.25) is 9.59 Å². The number of amides is 2. The van der Waals surface area contributed by atoms with Crippen molar-refractivity contribution < 1.29 is 9.59 Å². The molecule has 0 unspecified atom stereocenters. The minimum absolute atomic E-state index is 0.106.